The van der Waals surface area contributed by atoms with Crippen molar-refractivity contribution in [3.8, 4) is 0 Å². The van der Waals surface area contributed by atoms with Crippen molar-refractivity contribution in [2.24, 2.45) is 0 Å². The second-order valence-corrected chi connectivity index (χ2v) is 5.60. The summed E-state index contributed by atoms with van der Waals surface area (Å²) in [4.78, 5) is 9.40. The minimum Gasteiger partial charge on any atom is -0.378 e. The maximum absolute atomic E-state index is 5.92. The molecule has 1 fully saturated rings. The van der Waals surface area contributed by atoms with Crippen LogP contribution in [0, 0.1) is 0 Å². The van der Waals surface area contributed by atoms with E-state index >= 15 is 0 Å². The lowest BCUT2D eigenvalue weighted by atomic mass is 9.89. The van der Waals surface area contributed by atoms with Gasteiger partial charge < -0.3 is 10.1 Å². The first-order chi connectivity index (χ1) is 8.76. The summed E-state index contributed by atoms with van der Waals surface area (Å²) >= 11 is 7.50. The summed E-state index contributed by atoms with van der Waals surface area (Å²) in [6, 6.07) is 2.45. The van der Waals surface area contributed by atoms with Gasteiger partial charge in [0.1, 0.15) is 10.6 Å². The predicted molar refractivity (Wildman–Crippen MR) is 74.5 cm³/mol. The molecule has 0 aliphatic heterocycles. The van der Waals surface area contributed by atoms with E-state index in [1.54, 1.807) is 11.3 Å². The summed E-state index contributed by atoms with van der Waals surface area (Å²) in [6.45, 7) is 2.81. The van der Waals surface area contributed by atoms with Crippen LogP contribution in [0.4, 0.5) is 5.82 Å². The van der Waals surface area contributed by atoms with Gasteiger partial charge in [-0.25, -0.2) is 9.97 Å². The molecule has 0 unspecified atom stereocenters. The van der Waals surface area contributed by atoms with Crippen LogP contribution < -0.4 is 5.32 Å². The van der Waals surface area contributed by atoms with E-state index in [9.17, 15) is 0 Å². The number of hydrogen-bond donors (Lipinski definition) is 1. The number of anilines is 1. The van der Waals surface area contributed by atoms with Crippen LogP contribution >= 0.6 is 22.9 Å². The number of halogens is 1. The Bertz CT molecular complexity index is 553. The molecule has 0 amide bonds. The van der Waals surface area contributed by atoms with Crippen molar-refractivity contribution in [3.63, 3.8) is 0 Å². The molecule has 4 nitrogen and oxygen atoms in total. The van der Waals surface area contributed by atoms with E-state index in [4.69, 9.17) is 16.3 Å². The van der Waals surface area contributed by atoms with Gasteiger partial charge in [0.05, 0.1) is 11.5 Å². The average molecular weight is 284 g/mol. The topological polar surface area (TPSA) is 47.0 Å². The van der Waals surface area contributed by atoms with Crippen LogP contribution in [0.1, 0.15) is 19.8 Å². The third-order valence-electron chi connectivity index (χ3n) is 3.14. The van der Waals surface area contributed by atoms with Gasteiger partial charge >= 0.3 is 0 Å². The zero-order valence-corrected chi connectivity index (χ0v) is 11.6. The Morgan fingerprint density at radius 1 is 1.50 bits per heavy atom. The van der Waals surface area contributed by atoms with E-state index < -0.39 is 0 Å². The van der Waals surface area contributed by atoms with Crippen molar-refractivity contribution >= 4 is 39.0 Å². The summed E-state index contributed by atoms with van der Waals surface area (Å²) in [6.07, 6.45) is 2.45. The Kier molecular flexibility index (Phi) is 3.37. The Morgan fingerprint density at radius 2 is 2.33 bits per heavy atom. The standard InChI is InChI=1S/C12H14ClN3OS/c1-2-17-8-5-7(6-8)14-10-9-3-4-18-11(9)16-12(13)15-10/h3-4,7-8H,2,5-6H2,1H3,(H,14,15,16). The molecule has 6 heteroatoms. The van der Waals surface area contributed by atoms with Gasteiger partial charge in [-0.1, -0.05) is 0 Å². The monoisotopic (exact) mass is 283 g/mol. The molecule has 1 aliphatic rings. The Hall–Kier alpha value is -0.910. The highest BCUT2D eigenvalue weighted by Crippen LogP contribution is 2.31. The van der Waals surface area contributed by atoms with Crippen LogP contribution in [-0.2, 0) is 4.74 Å². The zero-order chi connectivity index (χ0) is 12.5. The summed E-state index contributed by atoms with van der Waals surface area (Å²) < 4.78 is 5.55. The Labute approximate surface area is 114 Å². The normalized spacial score (nSPS) is 23.0. The van der Waals surface area contributed by atoms with Gasteiger partial charge in [0.15, 0.2) is 0 Å². The molecule has 0 saturated heterocycles. The van der Waals surface area contributed by atoms with E-state index in [0.717, 1.165) is 35.5 Å². The summed E-state index contributed by atoms with van der Waals surface area (Å²) in [5, 5.41) is 6.78. The maximum Gasteiger partial charge on any atom is 0.225 e. The molecule has 1 N–H and O–H groups in total. The SMILES string of the molecule is CCOC1CC(Nc2nc(Cl)nc3sccc23)C1. The quantitative estimate of drug-likeness (QED) is 0.875. The van der Waals surface area contributed by atoms with Crippen LogP contribution in [0.25, 0.3) is 10.2 Å². The molecule has 18 heavy (non-hydrogen) atoms. The van der Waals surface area contributed by atoms with E-state index in [-0.39, 0.29) is 0 Å². The highest BCUT2D eigenvalue weighted by molar-refractivity contribution is 7.16. The molecule has 2 aromatic rings. The number of fused-ring (bicyclic) bond motifs is 1. The zero-order valence-electron chi connectivity index (χ0n) is 10.0. The number of rotatable bonds is 4. The van der Waals surface area contributed by atoms with Crippen molar-refractivity contribution in [1.29, 1.82) is 0 Å². The van der Waals surface area contributed by atoms with Crippen molar-refractivity contribution in [2.45, 2.75) is 31.9 Å². The van der Waals surface area contributed by atoms with Crippen LogP contribution in [0.2, 0.25) is 5.28 Å². The smallest absolute Gasteiger partial charge is 0.225 e. The molecule has 2 heterocycles. The molecule has 1 saturated carbocycles. The molecular formula is C12H14ClN3OS. The van der Waals surface area contributed by atoms with Gasteiger partial charge in [0, 0.05) is 12.6 Å². The molecule has 2 aromatic heterocycles. The van der Waals surface area contributed by atoms with Crippen molar-refractivity contribution < 1.29 is 4.74 Å². The highest BCUT2D eigenvalue weighted by Gasteiger charge is 2.30. The third-order valence-corrected chi connectivity index (χ3v) is 4.11. The summed E-state index contributed by atoms with van der Waals surface area (Å²) in [7, 11) is 0. The van der Waals surface area contributed by atoms with Gasteiger partial charge in [-0.2, -0.15) is 0 Å². The van der Waals surface area contributed by atoms with E-state index in [2.05, 4.69) is 15.3 Å². The Balaban J connectivity index is 1.73. The second-order valence-electron chi connectivity index (χ2n) is 4.37. The van der Waals surface area contributed by atoms with Gasteiger partial charge in [-0.3, -0.25) is 0 Å². The number of nitrogens with zero attached hydrogens (tertiary/aromatic N) is 2. The molecule has 3 rings (SSSR count). The summed E-state index contributed by atoms with van der Waals surface area (Å²) in [5.74, 6) is 0.839. The first-order valence-corrected chi connectivity index (χ1v) is 7.31. The fraction of sp³-hybridized carbons (Fsp3) is 0.500. The lowest BCUT2D eigenvalue weighted by Gasteiger charge is -2.35. The average Bonchev–Trinajstić information content (AvgIpc) is 2.74. The number of aromatic nitrogens is 2. The minimum absolute atomic E-state index is 0.299. The molecule has 0 radical (unpaired) electrons. The fourth-order valence-electron chi connectivity index (χ4n) is 2.19. The van der Waals surface area contributed by atoms with Gasteiger partial charge in [0.2, 0.25) is 5.28 Å². The van der Waals surface area contributed by atoms with Gasteiger partial charge in [0.25, 0.3) is 0 Å². The lowest BCUT2D eigenvalue weighted by molar-refractivity contribution is 0.00295. The highest BCUT2D eigenvalue weighted by atomic mass is 35.5. The molecule has 0 atom stereocenters. The van der Waals surface area contributed by atoms with E-state index in [1.807, 2.05) is 18.4 Å². The number of nitrogens with one attached hydrogen (secondary N) is 1. The summed E-state index contributed by atoms with van der Waals surface area (Å²) in [5.41, 5.74) is 0. The van der Waals surface area contributed by atoms with Gasteiger partial charge in [-0.15, -0.1) is 11.3 Å². The molecule has 0 aromatic carbocycles. The number of thiophene rings is 1. The van der Waals surface area contributed by atoms with Crippen molar-refractivity contribution in [3.05, 3.63) is 16.7 Å². The maximum atomic E-state index is 5.92. The van der Waals surface area contributed by atoms with Crippen molar-refractivity contribution in [1.82, 2.24) is 9.97 Å². The number of hydrogen-bond acceptors (Lipinski definition) is 5. The fourth-order valence-corrected chi connectivity index (χ4v) is 3.17. The van der Waals surface area contributed by atoms with Crippen molar-refractivity contribution in [2.75, 3.05) is 11.9 Å². The molecular weight excluding hydrogens is 270 g/mol. The van der Waals surface area contributed by atoms with Gasteiger partial charge in [-0.05, 0) is 42.8 Å². The minimum atomic E-state index is 0.299. The first kappa shape index (κ1) is 12.1. The third kappa shape index (κ3) is 2.30. The Morgan fingerprint density at radius 3 is 3.11 bits per heavy atom. The first-order valence-electron chi connectivity index (χ1n) is 6.05. The largest absolute Gasteiger partial charge is 0.378 e. The van der Waals surface area contributed by atoms with E-state index in [0.29, 0.717) is 17.4 Å². The van der Waals surface area contributed by atoms with Crippen LogP contribution in [0.15, 0.2) is 11.4 Å². The molecule has 1 aliphatic carbocycles. The molecule has 0 bridgehead atoms. The second kappa shape index (κ2) is 4.99. The van der Waals surface area contributed by atoms with Crippen LogP contribution in [-0.4, -0.2) is 28.7 Å². The predicted octanol–water partition coefficient (Wildman–Crippen LogP) is 3.32. The van der Waals surface area contributed by atoms with Crippen LogP contribution in [0.3, 0.4) is 0 Å². The van der Waals surface area contributed by atoms with E-state index in [1.165, 1.54) is 0 Å². The van der Waals surface area contributed by atoms with Crippen LogP contribution in [0.5, 0.6) is 0 Å². The molecule has 96 valence electrons. The molecule has 0 spiro atoms. The number of ether oxygens (including phenoxy) is 1. The lowest BCUT2D eigenvalue weighted by Crippen LogP contribution is -2.41.